The first-order valence-electron chi connectivity index (χ1n) is 3.74. The third-order valence-corrected chi connectivity index (χ3v) is 1.75. The maximum absolute atomic E-state index is 12.3. The number of hydrogen-bond acceptors (Lipinski definition) is 2. The van der Waals surface area contributed by atoms with Gasteiger partial charge in [-0.15, -0.1) is 0 Å². The van der Waals surface area contributed by atoms with Gasteiger partial charge in [0, 0.05) is 6.54 Å². The second-order valence-corrected chi connectivity index (χ2v) is 3.08. The number of alkyl halides is 3. The molecule has 0 fully saturated rings. The molecule has 0 aromatic heterocycles. The summed E-state index contributed by atoms with van der Waals surface area (Å²) in [6.45, 7) is 1.73. The maximum Gasteiger partial charge on any atom is 0.433 e. The van der Waals surface area contributed by atoms with Gasteiger partial charge in [0.25, 0.3) is 0 Å². The van der Waals surface area contributed by atoms with E-state index in [9.17, 15) is 18.0 Å². The Balaban J connectivity index is 4.88. The zero-order valence-electron chi connectivity index (χ0n) is 7.57. The number of nitrogens with one attached hydrogen (secondary N) is 2. The quantitative estimate of drug-likeness (QED) is 0.762. The van der Waals surface area contributed by atoms with Crippen molar-refractivity contribution in [1.29, 1.82) is 5.26 Å². The summed E-state index contributed by atoms with van der Waals surface area (Å²) >= 11 is 2.41. The Labute approximate surface area is 92.3 Å². The number of amides is 2. The second-order valence-electron chi connectivity index (χ2n) is 2.28. The topological polar surface area (TPSA) is 64.9 Å². The van der Waals surface area contributed by atoms with Crippen molar-refractivity contribution < 1.29 is 18.0 Å². The van der Waals surface area contributed by atoms with Crippen molar-refractivity contribution in [1.82, 2.24) is 10.6 Å². The van der Waals surface area contributed by atoms with E-state index in [-0.39, 0.29) is 6.54 Å². The molecule has 2 N–H and O–H groups in total. The average Bonchev–Trinajstić information content (AvgIpc) is 2.12. The predicted octanol–water partition coefficient (Wildman–Crippen LogP) is 2.00. The number of hydrogen-bond donors (Lipinski definition) is 2. The lowest BCUT2D eigenvalue weighted by atomic mass is 10.4. The molecular weight excluding hydrogens is 279 g/mol. The van der Waals surface area contributed by atoms with Crippen LogP contribution in [0.2, 0.25) is 0 Å². The Morgan fingerprint density at radius 1 is 1.53 bits per heavy atom. The molecule has 4 nitrogen and oxygen atoms in total. The van der Waals surface area contributed by atoms with Gasteiger partial charge >= 0.3 is 12.2 Å². The van der Waals surface area contributed by atoms with E-state index in [2.05, 4.69) is 21.2 Å². The van der Waals surface area contributed by atoms with Gasteiger partial charge < -0.3 is 10.6 Å². The molecule has 0 heterocycles. The lowest BCUT2D eigenvalue weighted by Crippen LogP contribution is -2.39. The highest BCUT2D eigenvalue weighted by atomic mass is 79.9. The molecule has 0 aliphatic rings. The number of carbonyl (C=O) groups excluding carboxylic acids is 1. The predicted molar refractivity (Wildman–Crippen MR) is 49.8 cm³/mol. The Bertz CT molecular complexity index is 318. The molecule has 0 radical (unpaired) electrons. The van der Waals surface area contributed by atoms with Crippen molar-refractivity contribution in [3.05, 3.63) is 10.2 Å². The summed E-state index contributed by atoms with van der Waals surface area (Å²) in [4.78, 5) is 10.8. The molecular formula is C7H7BrF3N3O. The van der Waals surface area contributed by atoms with E-state index < -0.39 is 22.4 Å². The number of rotatable bonds is 2. The van der Waals surface area contributed by atoms with Crippen LogP contribution in [0, 0.1) is 11.3 Å². The minimum atomic E-state index is -4.79. The molecule has 0 bridgehead atoms. The maximum atomic E-state index is 12.3. The lowest BCUT2D eigenvalue weighted by molar-refractivity contribution is -0.0955. The third kappa shape index (κ3) is 4.69. The minimum Gasteiger partial charge on any atom is -0.338 e. The smallest absolute Gasteiger partial charge is 0.338 e. The summed E-state index contributed by atoms with van der Waals surface area (Å²) in [7, 11) is 0. The summed E-state index contributed by atoms with van der Waals surface area (Å²) < 4.78 is 36.1. The van der Waals surface area contributed by atoms with Gasteiger partial charge in [-0.3, -0.25) is 0 Å². The fourth-order valence-electron chi connectivity index (χ4n) is 0.624. The van der Waals surface area contributed by atoms with Crippen LogP contribution in [0.4, 0.5) is 18.0 Å². The lowest BCUT2D eigenvalue weighted by Gasteiger charge is -2.13. The molecule has 0 aromatic carbocycles. The monoisotopic (exact) mass is 285 g/mol. The highest BCUT2D eigenvalue weighted by Crippen LogP contribution is 2.28. The van der Waals surface area contributed by atoms with E-state index in [0.29, 0.717) is 0 Å². The fraction of sp³-hybridized carbons (Fsp3) is 0.429. The van der Waals surface area contributed by atoms with Gasteiger partial charge in [-0.2, -0.15) is 18.4 Å². The van der Waals surface area contributed by atoms with Crippen molar-refractivity contribution in [2.75, 3.05) is 6.54 Å². The summed E-state index contributed by atoms with van der Waals surface area (Å²) in [5.41, 5.74) is -1.42. The molecule has 0 aliphatic carbocycles. The zero-order chi connectivity index (χ0) is 12.1. The van der Waals surface area contributed by atoms with Crippen LogP contribution in [-0.2, 0) is 0 Å². The molecule has 8 heteroatoms. The van der Waals surface area contributed by atoms with Crippen LogP contribution in [0.1, 0.15) is 6.92 Å². The highest BCUT2D eigenvalue weighted by Gasteiger charge is 2.37. The normalized spacial score (nSPS) is 12.5. The molecule has 15 heavy (non-hydrogen) atoms. The van der Waals surface area contributed by atoms with Gasteiger partial charge in [0.2, 0.25) is 0 Å². The first-order chi connectivity index (χ1) is 6.82. The number of nitrogens with zero attached hydrogens (tertiary/aromatic N) is 1. The number of carbonyl (C=O) groups is 1. The van der Waals surface area contributed by atoms with Crippen LogP contribution in [0.25, 0.3) is 0 Å². The van der Waals surface area contributed by atoms with Crippen molar-refractivity contribution in [2.24, 2.45) is 0 Å². The highest BCUT2D eigenvalue weighted by molar-refractivity contribution is 9.12. The van der Waals surface area contributed by atoms with Crippen LogP contribution in [0.3, 0.4) is 0 Å². The van der Waals surface area contributed by atoms with Gasteiger partial charge in [0.05, 0.1) is 0 Å². The van der Waals surface area contributed by atoms with Crippen LogP contribution >= 0.6 is 15.9 Å². The molecule has 0 rings (SSSR count). The third-order valence-electron chi connectivity index (χ3n) is 1.18. The van der Waals surface area contributed by atoms with E-state index in [1.54, 1.807) is 12.2 Å². The van der Waals surface area contributed by atoms with Gasteiger partial charge in [-0.05, 0) is 22.9 Å². The molecule has 0 aromatic rings. The van der Waals surface area contributed by atoms with Crippen LogP contribution in [-0.4, -0.2) is 18.8 Å². The van der Waals surface area contributed by atoms with Crippen molar-refractivity contribution in [3.63, 3.8) is 0 Å². The second kappa shape index (κ2) is 5.60. The van der Waals surface area contributed by atoms with Gasteiger partial charge in [0.15, 0.2) is 0 Å². The van der Waals surface area contributed by atoms with Crippen molar-refractivity contribution in [2.45, 2.75) is 13.1 Å². The Morgan fingerprint density at radius 2 is 2.07 bits per heavy atom. The van der Waals surface area contributed by atoms with E-state index in [1.165, 1.54) is 6.07 Å². The summed E-state index contributed by atoms with van der Waals surface area (Å²) in [6, 6.07) is 0.236. The SMILES string of the molecule is CCNC(=O)NC(=C(Br)C#N)C(F)(F)F. The van der Waals surface area contributed by atoms with Crippen molar-refractivity contribution >= 4 is 22.0 Å². The molecule has 0 unspecified atom stereocenters. The molecule has 2 amide bonds. The largest absolute Gasteiger partial charge is 0.433 e. The van der Waals surface area contributed by atoms with E-state index in [4.69, 9.17) is 5.26 Å². The molecule has 0 saturated heterocycles. The van der Waals surface area contributed by atoms with Gasteiger partial charge in [-0.25, -0.2) is 4.79 Å². The molecule has 0 atom stereocenters. The standard InChI is InChI=1S/C7H7BrF3N3O/c1-2-13-6(15)14-5(4(8)3-12)7(9,10)11/h2H2,1H3,(H2,13,14,15). The number of nitriles is 1. The fourth-order valence-corrected chi connectivity index (χ4v) is 0.948. The van der Waals surface area contributed by atoms with Gasteiger partial charge in [-0.1, -0.05) is 0 Å². The number of allylic oxidation sites excluding steroid dienone is 2. The van der Waals surface area contributed by atoms with E-state index >= 15 is 0 Å². The molecule has 0 spiro atoms. The molecule has 0 saturated carbocycles. The summed E-state index contributed by atoms with van der Waals surface area (Å²) in [6.07, 6.45) is -4.79. The first kappa shape index (κ1) is 13.8. The van der Waals surface area contributed by atoms with Crippen LogP contribution in [0.15, 0.2) is 10.2 Å². The summed E-state index contributed by atoms with van der Waals surface area (Å²) in [5.74, 6) is 0. The Morgan fingerprint density at radius 3 is 2.40 bits per heavy atom. The summed E-state index contributed by atoms with van der Waals surface area (Å²) in [5, 5.41) is 11.9. The first-order valence-corrected chi connectivity index (χ1v) is 4.54. The number of halogens is 4. The van der Waals surface area contributed by atoms with E-state index in [1.807, 2.05) is 0 Å². The minimum absolute atomic E-state index is 0.182. The average molecular weight is 286 g/mol. The van der Waals surface area contributed by atoms with E-state index in [0.717, 1.165) is 0 Å². The zero-order valence-corrected chi connectivity index (χ0v) is 9.16. The van der Waals surface area contributed by atoms with Crippen molar-refractivity contribution in [3.8, 4) is 6.07 Å². The number of urea groups is 1. The molecule has 0 aliphatic heterocycles. The van der Waals surface area contributed by atoms with Crippen LogP contribution in [0.5, 0.6) is 0 Å². The molecule has 84 valence electrons. The Hall–Kier alpha value is -1.23. The van der Waals surface area contributed by atoms with Crippen LogP contribution < -0.4 is 10.6 Å². The van der Waals surface area contributed by atoms with Gasteiger partial charge in [0.1, 0.15) is 16.2 Å². The Kier molecular flexibility index (Phi) is 5.14.